The Balaban J connectivity index is 1.97. The van der Waals surface area contributed by atoms with Crippen LogP contribution in [0.4, 0.5) is 8.78 Å². The van der Waals surface area contributed by atoms with Gasteiger partial charge in [-0.3, -0.25) is 4.79 Å². The van der Waals surface area contributed by atoms with Crippen LogP contribution in [0.3, 0.4) is 0 Å². The van der Waals surface area contributed by atoms with E-state index in [9.17, 15) is 18.7 Å². The van der Waals surface area contributed by atoms with Gasteiger partial charge < -0.3 is 15.2 Å². The highest BCUT2D eigenvalue weighted by Crippen LogP contribution is 2.44. The fourth-order valence-corrected chi connectivity index (χ4v) is 2.42. The van der Waals surface area contributed by atoms with Crippen molar-refractivity contribution in [3.8, 4) is 11.8 Å². The van der Waals surface area contributed by atoms with Crippen molar-refractivity contribution in [3.63, 3.8) is 0 Å². The highest BCUT2D eigenvalue weighted by atomic mass is 19.3. The summed E-state index contributed by atoms with van der Waals surface area (Å²) in [5.41, 5.74) is -1.67. The number of aliphatic hydroxyl groups is 1. The number of hydrogen-bond acceptors (Lipinski definition) is 4. The van der Waals surface area contributed by atoms with Crippen LogP contribution in [0.1, 0.15) is 38.2 Å². The molecule has 5 nitrogen and oxygen atoms in total. The number of ether oxygens (including phenoxy) is 1. The molecule has 0 bridgehead atoms. The molecule has 2 N–H and O–H groups in total. The van der Waals surface area contributed by atoms with E-state index in [1.54, 1.807) is 24.3 Å². The van der Waals surface area contributed by atoms with E-state index < -0.39 is 23.5 Å². The third-order valence-corrected chi connectivity index (χ3v) is 4.19. The summed E-state index contributed by atoms with van der Waals surface area (Å²) < 4.78 is 33.4. The Bertz CT molecular complexity index is 639. The largest absolute Gasteiger partial charge is 0.476 e. The number of nitrogens with one attached hydrogen (secondary N) is 1. The van der Waals surface area contributed by atoms with Crippen LogP contribution in [0.2, 0.25) is 0 Å². The summed E-state index contributed by atoms with van der Waals surface area (Å²) in [4.78, 5) is 11.7. The van der Waals surface area contributed by atoms with Crippen LogP contribution in [0.5, 0.6) is 5.75 Å². The molecule has 1 saturated carbocycles. The number of carbonyl (C=O) groups excluding carboxylic acids is 1. The van der Waals surface area contributed by atoms with Gasteiger partial charge in [-0.1, -0.05) is 19.1 Å². The number of nitrogens with zero attached hydrogens (tertiary/aromatic N) is 1. The zero-order valence-corrected chi connectivity index (χ0v) is 13.4. The molecule has 1 atom stereocenters. The van der Waals surface area contributed by atoms with Crippen molar-refractivity contribution < 1.29 is 23.4 Å². The lowest BCUT2D eigenvalue weighted by Gasteiger charge is -2.41. The van der Waals surface area contributed by atoms with Crippen molar-refractivity contribution in [2.24, 2.45) is 0 Å². The molecular weight excluding hydrogens is 318 g/mol. The van der Waals surface area contributed by atoms with E-state index in [1.165, 1.54) is 0 Å². The van der Waals surface area contributed by atoms with E-state index in [4.69, 9.17) is 10.00 Å². The maximum absolute atomic E-state index is 14.0. The third kappa shape index (κ3) is 3.65. The summed E-state index contributed by atoms with van der Waals surface area (Å²) >= 11 is 0. The Labute approximate surface area is 139 Å². The molecule has 7 heteroatoms. The number of benzene rings is 1. The van der Waals surface area contributed by atoms with E-state index in [1.807, 2.05) is 13.0 Å². The highest BCUT2D eigenvalue weighted by Gasteiger charge is 2.61. The van der Waals surface area contributed by atoms with Crippen LogP contribution in [0.15, 0.2) is 24.3 Å². The van der Waals surface area contributed by atoms with Crippen molar-refractivity contribution in [2.45, 2.75) is 56.8 Å². The van der Waals surface area contributed by atoms with Gasteiger partial charge in [0, 0.05) is 6.54 Å². The second-order valence-electron chi connectivity index (χ2n) is 5.93. The number of rotatable bonds is 7. The molecule has 0 aliphatic heterocycles. The number of alkyl halides is 2. The predicted octanol–water partition coefficient (Wildman–Crippen LogP) is 2.53. The number of amides is 1. The first-order valence-electron chi connectivity index (χ1n) is 7.86. The number of halogens is 2. The maximum Gasteiger partial charge on any atom is 0.352 e. The number of hydrogen-bond donors (Lipinski definition) is 2. The lowest BCUT2D eigenvalue weighted by Crippen LogP contribution is -2.60. The summed E-state index contributed by atoms with van der Waals surface area (Å²) in [7, 11) is 0. The van der Waals surface area contributed by atoms with Gasteiger partial charge in [0.15, 0.2) is 6.10 Å². The van der Waals surface area contributed by atoms with Crippen molar-refractivity contribution >= 4 is 5.91 Å². The minimum atomic E-state index is -3.81. The van der Waals surface area contributed by atoms with E-state index in [-0.39, 0.29) is 19.4 Å². The smallest absolute Gasteiger partial charge is 0.352 e. The predicted molar refractivity (Wildman–Crippen MR) is 82.4 cm³/mol. The lowest BCUT2D eigenvalue weighted by molar-refractivity contribution is -0.216. The van der Waals surface area contributed by atoms with Crippen molar-refractivity contribution in [3.05, 3.63) is 29.8 Å². The second-order valence-corrected chi connectivity index (χ2v) is 5.93. The Morgan fingerprint density at radius 2 is 2.25 bits per heavy atom. The molecule has 0 radical (unpaired) electrons. The normalized spacial score (nSPS) is 17.3. The van der Waals surface area contributed by atoms with Gasteiger partial charge in [0.2, 0.25) is 0 Å². The first-order valence-corrected chi connectivity index (χ1v) is 7.86. The molecule has 1 aromatic carbocycles. The molecule has 2 rings (SSSR count). The topological polar surface area (TPSA) is 82.3 Å². The maximum atomic E-state index is 14.0. The van der Waals surface area contributed by atoms with Gasteiger partial charge in [-0.05, 0) is 43.4 Å². The van der Waals surface area contributed by atoms with Crippen LogP contribution < -0.4 is 10.1 Å². The molecule has 0 spiro atoms. The number of nitriles is 1. The van der Waals surface area contributed by atoms with E-state index in [0.717, 1.165) is 0 Å². The van der Waals surface area contributed by atoms with Crippen LogP contribution in [0, 0.1) is 11.3 Å². The fraction of sp³-hybridized carbons (Fsp3) is 0.529. The van der Waals surface area contributed by atoms with Gasteiger partial charge in [-0.2, -0.15) is 14.0 Å². The highest BCUT2D eigenvalue weighted by molar-refractivity contribution is 5.85. The third-order valence-electron chi connectivity index (χ3n) is 4.19. The monoisotopic (exact) mass is 338 g/mol. The summed E-state index contributed by atoms with van der Waals surface area (Å²) in [5, 5.41) is 20.8. The molecule has 1 aliphatic carbocycles. The Hall–Kier alpha value is -2.20. The molecule has 130 valence electrons. The molecule has 1 aliphatic rings. The molecule has 1 amide bonds. The van der Waals surface area contributed by atoms with Gasteiger partial charge in [-0.15, -0.1) is 0 Å². The molecular formula is C17H20F2N2O3. The van der Waals surface area contributed by atoms with Gasteiger partial charge in [0.25, 0.3) is 5.91 Å². The average molecular weight is 338 g/mol. The minimum Gasteiger partial charge on any atom is -0.476 e. The van der Waals surface area contributed by atoms with Gasteiger partial charge in [-0.25, -0.2) is 0 Å². The van der Waals surface area contributed by atoms with Crippen LogP contribution in [-0.4, -0.2) is 28.6 Å². The quantitative estimate of drug-likeness (QED) is 0.800. The van der Waals surface area contributed by atoms with E-state index in [0.29, 0.717) is 24.2 Å². The average Bonchev–Trinajstić information content (AvgIpc) is 2.55. The molecule has 0 saturated heterocycles. The minimum absolute atomic E-state index is 0.0800. The first kappa shape index (κ1) is 18.1. The van der Waals surface area contributed by atoms with Crippen molar-refractivity contribution in [1.29, 1.82) is 5.26 Å². The van der Waals surface area contributed by atoms with Crippen LogP contribution in [-0.2, 0) is 11.3 Å². The summed E-state index contributed by atoms with van der Waals surface area (Å²) in [6.45, 7) is 1.69. The first-order chi connectivity index (χ1) is 11.3. The zero-order chi connectivity index (χ0) is 17.8. The van der Waals surface area contributed by atoms with Gasteiger partial charge >= 0.3 is 5.92 Å². The second kappa shape index (κ2) is 7.14. The van der Waals surface area contributed by atoms with Crippen molar-refractivity contribution in [2.75, 3.05) is 0 Å². The van der Waals surface area contributed by atoms with Crippen molar-refractivity contribution in [1.82, 2.24) is 5.32 Å². The van der Waals surface area contributed by atoms with Crippen LogP contribution >= 0.6 is 0 Å². The standard InChI is InChI=1S/C17H20F2N2O3/c1-2-13(10-20)24-14-6-3-5-12(9-14)11-21-15(22)17(18,19)16(23)7-4-8-16/h3,5-6,9,13,23H,2,4,7-8,11H2,1H3,(H,21,22). The lowest BCUT2D eigenvalue weighted by atomic mass is 9.75. The molecule has 24 heavy (non-hydrogen) atoms. The fourth-order valence-electron chi connectivity index (χ4n) is 2.42. The Morgan fingerprint density at radius 1 is 1.54 bits per heavy atom. The van der Waals surface area contributed by atoms with E-state index in [2.05, 4.69) is 5.32 Å². The molecule has 1 unspecified atom stereocenters. The molecule has 0 aromatic heterocycles. The summed E-state index contributed by atoms with van der Waals surface area (Å²) in [6.07, 6.45) is 0.248. The Morgan fingerprint density at radius 3 is 2.79 bits per heavy atom. The van der Waals surface area contributed by atoms with Gasteiger partial charge in [0.05, 0.1) is 0 Å². The van der Waals surface area contributed by atoms with E-state index >= 15 is 0 Å². The molecule has 0 heterocycles. The summed E-state index contributed by atoms with van der Waals surface area (Å²) in [6, 6.07) is 8.53. The molecule has 1 aromatic rings. The zero-order valence-electron chi connectivity index (χ0n) is 13.4. The molecule has 1 fully saturated rings. The SMILES string of the molecule is CCC(C#N)Oc1cccc(CNC(=O)C(F)(F)C2(O)CCC2)c1. The number of carbonyl (C=O) groups is 1. The Kier molecular flexibility index (Phi) is 5.40. The van der Waals surface area contributed by atoms with Gasteiger partial charge in [0.1, 0.15) is 17.4 Å². The summed E-state index contributed by atoms with van der Waals surface area (Å²) in [5.74, 6) is -4.87. The van der Waals surface area contributed by atoms with Crippen LogP contribution in [0.25, 0.3) is 0 Å².